The second-order valence-electron chi connectivity index (χ2n) is 7.26. The zero-order valence-electron chi connectivity index (χ0n) is 17.1. The maximum atomic E-state index is 11.3. The number of benzene rings is 2. The SMILES string of the molecule is CC(=O)Nc1cccc(Nc2ncnc(N3CCC(Oc4cccc(Br)c4)CC3)n2)c1. The summed E-state index contributed by atoms with van der Waals surface area (Å²) < 4.78 is 7.12. The summed E-state index contributed by atoms with van der Waals surface area (Å²) in [5.41, 5.74) is 1.49. The number of rotatable bonds is 6. The Hall–Kier alpha value is -3.20. The number of anilines is 4. The van der Waals surface area contributed by atoms with Crippen molar-refractivity contribution in [2.45, 2.75) is 25.9 Å². The van der Waals surface area contributed by atoms with Crippen molar-refractivity contribution in [1.82, 2.24) is 15.0 Å². The summed E-state index contributed by atoms with van der Waals surface area (Å²) in [7, 11) is 0. The van der Waals surface area contributed by atoms with Gasteiger partial charge in [-0.3, -0.25) is 4.79 Å². The molecule has 0 spiro atoms. The second kappa shape index (κ2) is 9.74. The van der Waals surface area contributed by atoms with E-state index in [-0.39, 0.29) is 12.0 Å². The minimum Gasteiger partial charge on any atom is -0.490 e. The van der Waals surface area contributed by atoms with E-state index in [0.717, 1.165) is 41.8 Å². The van der Waals surface area contributed by atoms with Crippen LogP contribution in [0, 0.1) is 0 Å². The first-order valence-electron chi connectivity index (χ1n) is 10.1. The number of hydrogen-bond acceptors (Lipinski definition) is 7. The van der Waals surface area contributed by atoms with Gasteiger partial charge in [0.15, 0.2) is 0 Å². The topological polar surface area (TPSA) is 92.3 Å². The third-order valence-corrected chi connectivity index (χ3v) is 5.32. The van der Waals surface area contributed by atoms with E-state index < -0.39 is 0 Å². The van der Waals surface area contributed by atoms with Gasteiger partial charge in [-0.1, -0.05) is 28.1 Å². The van der Waals surface area contributed by atoms with Crippen molar-refractivity contribution in [3.05, 3.63) is 59.3 Å². The monoisotopic (exact) mass is 482 g/mol. The number of amides is 1. The van der Waals surface area contributed by atoms with Gasteiger partial charge in [0.25, 0.3) is 0 Å². The molecule has 0 radical (unpaired) electrons. The van der Waals surface area contributed by atoms with Crippen molar-refractivity contribution >= 4 is 45.1 Å². The first kappa shape index (κ1) is 21.0. The summed E-state index contributed by atoms with van der Waals surface area (Å²) in [5, 5.41) is 5.94. The Morgan fingerprint density at radius 3 is 2.65 bits per heavy atom. The molecule has 0 saturated carbocycles. The molecule has 2 N–H and O–H groups in total. The lowest BCUT2D eigenvalue weighted by atomic mass is 10.1. The van der Waals surface area contributed by atoms with Crippen LogP contribution in [-0.2, 0) is 4.79 Å². The molecule has 160 valence electrons. The van der Waals surface area contributed by atoms with Crippen LogP contribution in [0.4, 0.5) is 23.3 Å². The van der Waals surface area contributed by atoms with E-state index in [1.165, 1.54) is 13.3 Å². The third kappa shape index (κ3) is 5.91. The van der Waals surface area contributed by atoms with Crippen LogP contribution in [0.3, 0.4) is 0 Å². The molecule has 1 amide bonds. The van der Waals surface area contributed by atoms with Crippen molar-refractivity contribution < 1.29 is 9.53 Å². The van der Waals surface area contributed by atoms with Gasteiger partial charge in [-0.15, -0.1) is 0 Å². The quantitative estimate of drug-likeness (QED) is 0.538. The van der Waals surface area contributed by atoms with E-state index in [2.05, 4.69) is 46.4 Å². The van der Waals surface area contributed by atoms with E-state index in [4.69, 9.17) is 4.74 Å². The number of piperidine rings is 1. The van der Waals surface area contributed by atoms with Crippen LogP contribution in [0.25, 0.3) is 0 Å². The van der Waals surface area contributed by atoms with Gasteiger partial charge in [0, 0.05) is 48.7 Å². The van der Waals surface area contributed by atoms with E-state index in [9.17, 15) is 4.79 Å². The number of carbonyl (C=O) groups is 1. The lowest BCUT2D eigenvalue weighted by Gasteiger charge is -2.32. The normalized spacial score (nSPS) is 14.2. The minimum absolute atomic E-state index is 0.119. The molecule has 0 atom stereocenters. The molecule has 1 fully saturated rings. The molecule has 1 aliphatic rings. The maximum Gasteiger partial charge on any atom is 0.231 e. The fraction of sp³-hybridized carbons (Fsp3) is 0.273. The third-order valence-electron chi connectivity index (χ3n) is 4.82. The fourth-order valence-corrected chi connectivity index (χ4v) is 3.79. The zero-order valence-corrected chi connectivity index (χ0v) is 18.7. The molecule has 4 rings (SSSR count). The average Bonchev–Trinajstić information content (AvgIpc) is 2.74. The predicted molar refractivity (Wildman–Crippen MR) is 124 cm³/mol. The van der Waals surface area contributed by atoms with Crippen LogP contribution < -0.4 is 20.3 Å². The van der Waals surface area contributed by atoms with Crippen molar-refractivity contribution in [2.24, 2.45) is 0 Å². The molecule has 1 aliphatic heterocycles. The minimum atomic E-state index is -0.119. The van der Waals surface area contributed by atoms with Gasteiger partial charge >= 0.3 is 0 Å². The number of ether oxygens (including phenoxy) is 1. The molecule has 1 aromatic heterocycles. The van der Waals surface area contributed by atoms with E-state index in [0.29, 0.717) is 17.6 Å². The highest BCUT2D eigenvalue weighted by Gasteiger charge is 2.22. The summed E-state index contributed by atoms with van der Waals surface area (Å²) in [5.74, 6) is 1.85. The van der Waals surface area contributed by atoms with Crippen LogP contribution in [0.2, 0.25) is 0 Å². The second-order valence-corrected chi connectivity index (χ2v) is 8.17. The number of aromatic nitrogens is 3. The van der Waals surface area contributed by atoms with Crippen LogP contribution >= 0.6 is 15.9 Å². The molecule has 1 saturated heterocycles. The predicted octanol–water partition coefficient (Wildman–Crippen LogP) is 4.38. The lowest BCUT2D eigenvalue weighted by Crippen LogP contribution is -2.39. The van der Waals surface area contributed by atoms with E-state index in [1.54, 1.807) is 0 Å². The van der Waals surface area contributed by atoms with Gasteiger partial charge < -0.3 is 20.3 Å². The highest BCUT2D eigenvalue weighted by molar-refractivity contribution is 9.10. The van der Waals surface area contributed by atoms with Crippen LogP contribution in [0.1, 0.15) is 19.8 Å². The molecule has 3 aromatic rings. The van der Waals surface area contributed by atoms with Crippen molar-refractivity contribution in [3.63, 3.8) is 0 Å². The van der Waals surface area contributed by atoms with Crippen molar-refractivity contribution in [1.29, 1.82) is 0 Å². The van der Waals surface area contributed by atoms with Gasteiger partial charge in [-0.05, 0) is 36.4 Å². The molecular formula is C22H23BrN6O2. The Labute approximate surface area is 189 Å². The number of nitrogens with zero attached hydrogens (tertiary/aromatic N) is 4. The summed E-state index contributed by atoms with van der Waals surface area (Å²) >= 11 is 3.48. The summed E-state index contributed by atoms with van der Waals surface area (Å²) in [4.78, 5) is 26.5. The van der Waals surface area contributed by atoms with Gasteiger partial charge in [0.05, 0.1) is 0 Å². The van der Waals surface area contributed by atoms with Gasteiger partial charge in [-0.25, -0.2) is 9.97 Å². The molecular weight excluding hydrogens is 460 g/mol. The number of nitrogens with one attached hydrogen (secondary N) is 2. The van der Waals surface area contributed by atoms with Gasteiger partial charge in [0.2, 0.25) is 17.8 Å². The number of halogens is 1. The van der Waals surface area contributed by atoms with Crippen LogP contribution in [-0.4, -0.2) is 40.1 Å². The summed E-state index contributed by atoms with van der Waals surface area (Å²) in [6.07, 6.45) is 3.45. The zero-order chi connectivity index (χ0) is 21.6. The molecule has 9 heteroatoms. The molecule has 0 unspecified atom stereocenters. The molecule has 0 bridgehead atoms. The highest BCUT2D eigenvalue weighted by Crippen LogP contribution is 2.24. The molecule has 8 nitrogen and oxygen atoms in total. The Bertz CT molecular complexity index is 1060. The average molecular weight is 483 g/mol. The summed E-state index contributed by atoms with van der Waals surface area (Å²) in [6, 6.07) is 15.3. The smallest absolute Gasteiger partial charge is 0.231 e. The molecule has 31 heavy (non-hydrogen) atoms. The standard InChI is InChI=1S/C22H23BrN6O2/c1-15(30)26-17-5-3-6-18(13-17)27-21-24-14-25-22(28-21)29-10-8-19(9-11-29)31-20-7-2-4-16(23)12-20/h2-7,12-14,19H,8-11H2,1H3,(H,26,30)(H,24,25,27,28). The molecule has 2 heterocycles. The lowest BCUT2D eigenvalue weighted by molar-refractivity contribution is -0.114. The highest BCUT2D eigenvalue weighted by atomic mass is 79.9. The summed E-state index contributed by atoms with van der Waals surface area (Å²) in [6.45, 7) is 3.09. The molecule has 2 aromatic carbocycles. The van der Waals surface area contributed by atoms with Crippen LogP contribution in [0.15, 0.2) is 59.3 Å². The van der Waals surface area contributed by atoms with Gasteiger partial charge in [0.1, 0.15) is 18.2 Å². The van der Waals surface area contributed by atoms with E-state index >= 15 is 0 Å². The first-order chi connectivity index (χ1) is 15.0. The Morgan fingerprint density at radius 1 is 1.10 bits per heavy atom. The first-order valence-corrected chi connectivity index (χ1v) is 10.9. The fourth-order valence-electron chi connectivity index (χ4n) is 3.41. The van der Waals surface area contributed by atoms with Gasteiger partial charge in [-0.2, -0.15) is 4.98 Å². The molecule has 0 aliphatic carbocycles. The number of carbonyl (C=O) groups excluding carboxylic acids is 1. The van der Waals surface area contributed by atoms with Crippen molar-refractivity contribution in [2.75, 3.05) is 28.6 Å². The van der Waals surface area contributed by atoms with Crippen LogP contribution in [0.5, 0.6) is 5.75 Å². The van der Waals surface area contributed by atoms with E-state index in [1.807, 2.05) is 48.5 Å². The Balaban J connectivity index is 1.36. The maximum absolute atomic E-state index is 11.3. The van der Waals surface area contributed by atoms with Crippen molar-refractivity contribution in [3.8, 4) is 5.75 Å². The Kier molecular flexibility index (Phi) is 6.61. The number of hydrogen-bond donors (Lipinski definition) is 2. The Morgan fingerprint density at radius 2 is 1.87 bits per heavy atom. The largest absolute Gasteiger partial charge is 0.490 e.